The molecule has 8 nitrogen and oxygen atoms in total. The molecule has 30 heavy (non-hydrogen) atoms. The van der Waals surface area contributed by atoms with Crippen molar-refractivity contribution in [2.24, 2.45) is 0 Å². The molecule has 2 unspecified atom stereocenters. The number of rotatable bonds is 5. The van der Waals surface area contributed by atoms with E-state index in [1.165, 1.54) is 6.42 Å². The SMILES string of the molecule is C.C[C@@H](O)COc1cc(-c2ccc(N3CC4CC(C3)N4)nc2)c2c(C#N)cnn2c1. The van der Waals surface area contributed by atoms with Gasteiger partial charge in [-0.05, 0) is 31.5 Å². The number of aliphatic hydroxyl groups excluding tert-OH is 1. The van der Waals surface area contributed by atoms with Gasteiger partial charge in [0.25, 0.3) is 0 Å². The lowest BCUT2D eigenvalue weighted by Gasteiger charge is -2.48. The molecule has 3 aromatic heterocycles. The molecule has 0 aliphatic carbocycles. The Labute approximate surface area is 175 Å². The largest absolute Gasteiger partial charge is 0.489 e. The minimum atomic E-state index is -0.576. The number of ether oxygens (including phenoxy) is 1. The third-order valence-electron chi connectivity index (χ3n) is 5.50. The van der Waals surface area contributed by atoms with Gasteiger partial charge in [0.1, 0.15) is 24.2 Å². The van der Waals surface area contributed by atoms with Gasteiger partial charge in [-0.1, -0.05) is 7.43 Å². The fourth-order valence-corrected chi connectivity index (χ4v) is 4.13. The average Bonchev–Trinajstić information content (AvgIpc) is 3.14. The molecular formula is C22H26N6O2. The molecule has 3 aromatic rings. The van der Waals surface area contributed by atoms with E-state index in [0.717, 1.165) is 35.6 Å². The number of piperazine rings is 1. The van der Waals surface area contributed by atoms with Crippen LogP contribution in [-0.4, -0.2) is 57.6 Å². The summed E-state index contributed by atoms with van der Waals surface area (Å²) in [7, 11) is 0. The fraction of sp³-hybridized carbons (Fsp3) is 0.409. The molecule has 3 aliphatic rings. The molecule has 2 bridgehead atoms. The van der Waals surface area contributed by atoms with Crippen molar-refractivity contribution in [1.29, 1.82) is 5.26 Å². The zero-order valence-electron chi connectivity index (χ0n) is 16.1. The van der Waals surface area contributed by atoms with Crippen LogP contribution in [0, 0.1) is 11.3 Å². The van der Waals surface area contributed by atoms with Crippen LogP contribution in [0.3, 0.4) is 0 Å². The first-order chi connectivity index (χ1) is 14.1. The highest BCUT2D eigenvalue weighted by molar-refractivity contribution is 5.85. The van der Waals surface area contributed by atoms with E-state index in [1.807, 2.05) is 24.4 Å². The minimum absolute atomic E-state index is 0. The van der Waals surface area contributed by atoms with Crippen LogP contribution in [-0.2, 0) is 0 Å². The van der Waals surface area contributed by atoms with Gasteiger partial charge in [0, 0.05) is 42.5 Å². The normalized spacial score (nSPS) is 20.8. The van der Waals surface area contributed by atoms with Crippen LogP contribution in [0.5, 0.6) is 5.75 Å². The number of fused-ring (bicyclic) bond motifs is 3. The lowest BCUT2D eigenvalue weighted by atomic mass is 9.91. The Balaban J connectivity index is 0.00000218. The molecule has 0 spiro atoms. The highest BCUT2D eigenvalue weighted by Gasteiger charge is 2.36. The van der Waals surface area contributed by atoms with Crippen LogP contribution < -0.4 is 15.0 Å². The van der Waals surface area contributed by atoms with Gasteiger partial charge < -0.3 is 20.1 Å². The monoisotopic (exact) mass is 406 g/mol. The van der Waals surface area contributed by atoms with Gasteiger partial charge in [0.15, 0.2) is 0 Å². The Kier molecular flexibility index (Phi) is 5.33. The first-order valence-corrected chi connectivity index (χ1v) is 9.80. The molecule has 156 valence electrons. The van der Waals surface area contributed by atoms with Gasteiger partial charge >= 0.3 is 0 Å². The number of pyridine rings is 2. The molecule has 0 saturated carbocycles. The van der Waals surface area contributed by atoms with Crippen molar-refractivity contribution in [3.63, 3.8) is 0 Å². The van der Waals surface area contributed by atoms with Gasteiger partial charge in [-0.2, -0.15) is 10.4 Å². The van der Waals surface area contributed by atoms with E-state index in [1.54, 1.807) is 23.8 Å². The highest BCUT2D eigenvalue weighted by atomic mass is 16.5. The van der Waals surface area contributed by atoms with Crippen LogP contribution in [0.1, 0.15) is 26.3 Å². The Hall–Kier alpha value is -3.15. The Morgan fingerprint density at radius 1 is 1.33 bits per heavy atom. The number of anilines is 1. The van der Waals surface area contributed by atoms with E-state index in [9.17, 15) is 10.4 Å². The first kappa shape index (κ1) is 20.1. The molecule has 2 N–H and O–H groups in total. The Morgan fingerprint density at radius 3 is 2.73 bits per heavy atom. The van der Waals surface area contributed by atoms with Crippen LogP contribution in [0.25, 0.3) is 16.6 Å². The maximum atomic E-state index is 9.52. The molecule has 3 saturated heterocycles. The number of aliphatic hydroxyl groups is 1. The van der Waals surface area contributed by atoms with Crippen molar-refractivity contribution in [2.45, 2.75) is 39.0 Å². The summed E-state index contributed by atoms with van der Waals surface area (Å²) >= 11 is 0. The second-order valence-corrected chi connectivity index (χ2v) is 7.82. The van der Waals surface area contributed by atoms with Gasteiger partial charge in [-0.3, -0.25) is 0 Å². The molecule has 3 fully saturated rings. The summed E-state index contributed by atoms with van der Waals surface area (Å²) in [6.07, 6.45) is 5.78. The van der Waals surface area contributed by atoms with Crippen LogP contribution in [0.4, 0.5) is 5.82 Å². The van der Waals surface area contributed by atoms with Crippen molar-refractivity contribution in [1.82, 2.24) is 19.9 Å². The Bertz CT molecular complexity index is 1070. The van der Waals surface area contributed by atoms with Gasteiger partial charge in [-0.25, -0.2) is 9.50 Å². The number of hydrogen-bond acceptors (Lipinski definition) is 7. The first-order valence-electron chi connectivity index (χ1n) is 9.80. The molecule has 8 heteroatoms. The summed E-state index contributed by atoms with van der Waals surface area (Å²) in [5.41, 5.74) is 2.92. The van der Waals surface area contributed by atoms with Crippen molar-refractivity contribution >= 4 is 11.3 Å². The summed E-state index contributed by atoms with van der Waals surface area (Å²) in [4.78, 5) is 7.00. The standard InChI is InChI=1S/C21H22N6O2.CH4/c1-13(28)12-29-18-5-19(21-15(6-22)8-24-27(21)11-18)14-2-3-20(23-7-14)26-9-16-4-17(10-26)25-16;/h2-3,5,7-8,11,13,16-17,25,28H,4,9-10,12H2,1H3;1H4/t13-,16?,17?;/m1./s1. The fourth-order valence-electron chi connectivity index (χ4n) is 4.13. The molecule has 3 aliphatic heterocycles. The third-order valence-corrected chi connectivity index (χ3v) is 5.50. The Morgan fingerprint density at radius 2 is 2.10 bits per heavy atom. The number of hydrogen-bond donors (Lipinski definition) is 2. The van der Waals surface area contributed by atoms with Crippen molar-refractivity contribution in [3.8, 4) is 22.9 Å². The van der Waals surface area contributed by atoms with Crippen LogP contribution in [0.2, 0.25) is 0 Å². The van der Waals surface area contributed by atoms with Crippen molar-refractivity contribution in [3.05, 3.63) is 42.4 Å². The maximum Gasteiger partial charge on any atom is 0.138 e. The van der Waals surface area contributed by atoms with Gasteiger partial charge in [0.05, 0.1) is 29.6 Å². The number of piperidine rings is 1. The van der Waals surface area contributed by atoms with E-state index in [0.29, 0.717) is 23.4 Å². The molecule has 0 radical (unpaired) electrons. The average molecular weight is 406 g/mol. The van der Waals surface area contributed by atoms with E-state index in [-0.39, 0.29) is 14.0 Å². The van der Waals surface area contributed by atoms with Crippen molar-refractivity contribution < 1.29 is 9.84 Å². The number of aromatic nitrogens is 3. The zero-order valence-corrected chi connectivity index (χ0v) is 16.1. The number of nitrogens with zero attached hydrogens (tertiary/aromatic N) is 5. The van der Waals surface area contributed by atoms with Gasteiger partial charge in [-0.15, -0.1) is 0 Å². The van der Waals surface area contributed by atoms with Crippen LogP contribution in [0.15, 0.2) is 36.8 Å². The molecule has 6 rings (SSSR count). The maximum absolute atomic E-state index is 9.52. The van der Waals surface area contributed by atoms with Crippen LogP contribution >= 0.6 is 0 Å². The van der Waals surface area contributed by atoms with E-state index < -0.39 is 6.10 Å². The summed E-state index contributed by atoms with van der Waals surface area (Å²) in [5.74, 6) is 1.55. The predicted octanol–water partition coefficient (Wildman–Crippen LogP) is 2.21. The summed E-state index contributed by atoms with van der Waals surface area (Å²) in [6, 6.07) is 9.27. The molecule has 0 amide bonds. The number of nitriles is 1. The third kappa shape index (κ3) is 3.58. The molecule has 6 heterocycles. The van der Waals surface area contributed by atoms with E-state index in [4.69, 9.17) is 4.74 Å². The quantitative estimate of drug-likeness (QED) is 0.670. The second kappa shape index (κ2) is 7.94. The predicted molar refractivity (Wildman–Crippen MR) is 115 cm³/mol. The van der Waals surface area contributed by atoms with E-state index >= 15 is 0 Å². The molecule has 3 atom stereocenters. The molecular weight excluding hydrogens is 380 g/mol. The topological polar surface area (TPSA) is 98.7 Å². The summed E-state index contributed by atoms with van der Waals surface area (Å²) < 4.78 is 7.33. The second-order valence-electron chi connectivity index (χ2n) is 7.82. The molecule has 0 aromatic carbocycles. The van der Waals surface area contributed by atoms with Crippen molar-refractivity contribution in [2.75, 3.05) is 24.6 Å². The van der Waals surface area contributed by atoms with Gasteiger partial charge in [0.2, 0.25) is 0 Å². The summed E-state index contributed by atoms with van der Waals surface area (Å²) in [5, 5.41) is 26.8. The summed E-state index contributed by atoms with van der Waals surface area (Å²) in [6.45, 7) is 3.82. The highest BCUT2D eigenvalue weighted by Crippen LogP contribution is 2.32. The smallest absolute Gasteiger partial charge is 0.138 e. The van der Waals surface area contributed by atoms with E-state index in [2.05, 4.69) is 26.4 Å². The number of nitrogens with one attached hydrogen (secondary N) is 1. The minimum Gasteiger partial charge on any atom is -0.489 e. The lowest BCUT2D eigenvalue weighted by molar-refractivity contribution is 0.122. The zero-order chi connectivity index (χ0) is 20.0. The lowest BCUT2D eigenvalue weighted by Crippen LogP contribution is -2.67.